The minimum absolute atomic E-state index is 0.249. The van der Waals surface area contributed by atoms with E-state index in [-0.39, 0.29) is 5.75 Å². The van der Waals surface area contributed by atoms with Crippen LogP contribution in [0, 0.1) is 17.2 Å². The third-order valence-corrected chi connectivity index (χ3v) is 2.83. The van der Waals surface area contributed by atoms with Crippen molar-refractivity contribution in [2.75, 3.05) is 11.5 Å². The number of alkyl halides is 3. The average Bonchev–Trinajstić information content (AvgIpc) is 1.93. The molecule has 0 heterocycles. The van der Waals surface area contributed by atoms with Crippen LogP contribution in [0.4, 0.5) is 13.2 Å². The maximum atomic E-state index is 12.1. The molecule has 6 heteroatoms. The Hall–Kier alpha value is -0.410. The molecular weight excluding hydrogens is 213 g/mol. The number of rotatable bonds is 4. The van der Waals surface area contributed by atoms with Crippen LogP contribution in [-0.2, 0) is 0 Å². The molecule has 2 N–H and O–H groups in total. The van der Waals surface area contributed by atoms with Gasteiger partial charge < -0.3 is 5.73 Å². The van der Waals surface area contributed by atoms with Gasteiger partial charge in [-0.2, -0.15) is 30.2 Å². The number of nitrogens with two attached hydrogens (primary N) is 1. The monoisotopic (exact) mass is 226 g/mol. The van der Waals surface area contributed by atoms with Crippen LogP contribution in [0.1, 0.15) is 13.8 Å². The van der Waals surface area contributed by atoms with Crippen LogP contribution in [0.2, 0.25) is 0 Å². The van der Waals surface area contributed by atoms with Gasteiger partial charge in [0.25, 0.3) is 0 Å². The van der Waals surface area contributed by atoms with Crippen molar-refractivity contribution in [3.05, 3.63) is 0 Å². The van der Waals surface area contributed by atoms with E-state index in [0.29, 0.717) is 5.75 Å². The first kappa shape index (κ1) is 13.6. The first-order valence-corrected chi connectivity index (χ1v) is 5.15. The topological polar surface area (TPSA) is 49.8 Å². The molecule has 82 valence electrons. The molecule has 0 rings (SSSR count). The van der Waals surface area contributed by atoms with Gasteiger partial charge in [-0.1, -0.05) is 0 Å². The quantitative estimate of drug-likeness (QED) is 0.799. The van der Waals surface area contributed by atoms with Gasteiger partial charge in [-0.15, -0.1) is 0 Å². The van der Waals surface area contributed by atoms with E-state index in [1.807, 2.05) is 0 Å². The summed E-state index contributed by atoms with van der Waals surface area (Å²) in [6.45, 7) is 3.46. The minimum Gasteiger partial charge on any atom is -0.325 e. The molecule has 2 nitrogen and oxygen atoms in total. The molecule has 0 bridgehead atoms. The van der Waals surface area contributed by atoms with Gasteiger partial charge >= 0.3 is 6.18 Å². The Labute approximate surface area is 85.6 Å². The summed E-state index contributed by atoms with van der Waals surface area (Å²) < 4.78 is 36.2. The Bertz CT molecular complexity index is 214. The SMILES string of the molecule is CC(C)(N)CSCC(C#N)C(F)(F)F. The van der Waals surface area contributed by atoms with Crippen LogP contribution < -0.4 is 5.73 Å². The molecule has 0 aliphatic carbocycles. The lowest BCUT2D eigenvalue weighted by Crippen LogP contribution is -2.35. The van der Waals surface area contributed by atoms with Crippen molar-refractivity contribution in [1.29, 1.82) is 5.26 Å². The Balaban J connectivity index is 3.95. The van der Waals surface area contributed by atoms with Crippen molar-refractivity contribution in [2.24, 2.45) is 11.7 Å². The minimum atomic E-state index is -4.43. The Morgan fingerprint density at radius 3 is 2.21 bits per heavy atom. The summed E-state index contributed by atoms with van der Waals surface area (Å²) in [5.74, 6) is -1.74. The fraction of sp³-hybridized carbons (Fsp3) is 0.875. The van der Waals surface area contributed by atoms with E-state index in [9.17, 15) is 13.2 Å². The molecule has 0 spiro atoms. The van der Waals surface area contributed by atoms with Crippen LogP contribution in [0.25, 0.3) is 0 Å². The molecule has 0 fully saturated rings. The zero-order chi connectivity index (χ0) is 11.4. The summed E-state index contributed by atoms with van der Waals surface area (Å²) in [6, 6.07) is 1.24. The van der Waals surface area contributed by atoms with Crippen LogP contribution in [0.15, 0.2) is 0 Å². The Morgan fingerprint density at radius 1 is 1.43 bits per heavy atom. The highest BCUT2D eigenvalue weighted by Gasteiger charge is 2.39. The van der Waals surface area contributed by atoms with Crippen LogP contribution in [0.5, 0.6) is 0 Å². The fourth-order valence-corrected chi connectivity index (χ4v) is 1.79. The average molecular weight is 226 g/mol. The van der Waals surface area contributed by atoms with Gasteiger partial charge in [-0.3, -0.25) is 0 Å². The third kappa shape index (κ3) is 6.11. The highest BCUT2D eigenvalue weighted by Crippen LogP contribution is 2.29. The maximum Gasteiger partial charge on any atom is 0.405 e. The largest absolute Gasteiger partial charge is 0.405 e. The molecule has 0 radical (unpaired) electrons. The summed E-state index contributed by atoms with van der Waals surface area (Å²) in [5.41, 5.74) is 5.08. The number of hydrogen-bond acceptors (Lipinski definition) is 3. The summed E-state index contributed by atoms with van der Waals surface area (Å²) in [6.07, 6.45) is -4.43. The molecule has 0 aromatic carbocycles. The number of nitriles is 1. The molecule has 0 aliphatic rings. The highest BCUT2D eigenvalue weighted by atomic mass is 32.2. The van der Waals surface area contributed by atoms with Crippen molar-refractivity contribution in [1.82, 2.24) is 0 Å². The van der Waals surface area contributed by atoms with Crippen LogP contribution in [0.3, 0.4) is 0 Å². The predicted octanol–water partition coefficient (Wildman–Crippen LogP) is 2.16. The third-order valence-electron chi connectivity index (χ3n) is 1.31. The molecule has 0 aromatic heterocycles. The molecule has 0 saturated carbocycles. The number of thioether (sulfide) groups is 1. The second kappa shape index (κ2) is 4.89. The molecule has 0 aliphatic heterocycles. The standard InChI is InChI=1S/C8H13F3N2S/c1-7(2,13)5-14-4-6(3-12)8(9,10)11/h6H,4-5,13H2,1-2H3. The molecule has 1 unspecified atom stereocenters. The first-order chi connectivity index (χ1) is 6.17. The van der Waals surface area contributed by atoms with Gasteiger partial charge in [0, 0.05) is 17.0 Å². The highest BCUT2D eigenvalue weighted by molar-refractivity contribution is 7.99. The van der Waals surface area contributed by atoms with Crippen LogP contribution >= 0.6 is 11.8 Å². The molecule has 1 atom stereocenters. The van der Waals surface area contributed by atoms with Gasteiger partial charge in [0.15, 0.2) is 5.92 Å². The summed E-state index contributed by atoms with van der Waals surface area (Å²) >= 11 is 1.05. The lowest BCUT2D eigenvalue weighted by molar-refractivity contribution is -0.152. The van der Waals surface area contributed by atoms with Crippen LogP contribution in [-0.4, -0.2) is 23.2 Å². The van der Waals surface area contributed by atoms with Gasteiger partial charge in [-0.25, -0.2) is 0 Å². The van der Waals surface area contributed by atoms with E-state index in [1.165, 1.54) is 6.07 Å². The van der Waals surface area contributed by atoms with Gasteiger partial charge in [0.1, 0.15) is 0 Å². The maximum absolute atomic E-state index is 12.1. The summed E-state index contributed by atoms with van der Waals surface area (Å²) in [4.78, 5) is 0. The fourth-order valence-electron chi connectivity index (χ4n) is 0.645. The zero-order valence-electron chi connectivity index (χ0n) is 8.06. The van der Waals surface area contributed by atoms with E-state index >= 15 is 0 Å². The van der Waals surface area contributed by atoms with E-state index < -0.39 is 17.6 Å². The van der Waals surface area contributed by atoms with Crippen molar-refractivity contribution in [2.45, 2.75) is 25.6 Å². The van der Waals surface area contributed by atoms with Gasteiger partial charge in [-0.05, 0) is 13.8 Å². The van der Waals surface area contributed by atoms with Crippen molar-refractivity contribution in [3.8, 4) is 6.07 Å². The van der Waals surface area contributed by atoms with Crippen molar-refractivity contribution < 1.29 is 13.2 Å². The van der Waals surface area contributed by atoms with Crippen molar-refractivity contribution >= 4 is 11.8 Å². The Kier molecular flexibility index (Phi) is 4.75. The molecule has 14 heavy (non-hydrogen) atoms. The molecular formula is C8H13F3N2S. The van der Waals surface area contributed by atoms with E-state index in [4.69, 9.17) is 11.0 Å². The summed E-state index contributed by atoms with van der Waals surface area (Å²) in [7, 11) is 0. The summed E-state index contributed by atoms with van der Waals surface area (Å²) in [5, 5.41) is 8.28. The van der Waals surface area contributed by atoms with Gasteiger partial charge in [0.2, 0.25) is 0 Å². The van der Waals surface area contributed by atoms with E-state index in [2.05, 4.69) is 0 Å². The second-order valence-electron chi connectivity index (χ2n) is 3.73. The first-order valence-electron chi connectivity index (χ1n) is 4.00. The predicted molar refractivity (Wildman–Crippen MR) is 50.7 cm³/mol. The number of nitrogens with zero attached hydrogens (tertiary/aromatic N) is 1. The van der Waals surface area contributed by atoms with Gasteiger partial charge in [0.05, 0.1) is 6.07 Å². The zero-order valence-corrected chi connectivity index (χ0v) is 8.87. The van der Waals surface area contributed by atoms with E-state index in [0.717, 1.165) is 11.8 Å². The lowest BCUT2D eigenvalue weighted by atomic mass is 10.1. The molecule has 0 saturated heterocycles. The van der Waals surface area contributed by atoms with Crippen molar-refractivity contribution in [3.63, 3.8) is 0 Å². The second-order valence-corrected chi connectivity index (χ2v) is 4.76. The molecule has 0 aromatic rings. The normalized spacial score (nSPS) is 14.9. The lowest BCUT2D eigenvalue weighted by Gasteiger charge is -2.19. The Morgan fingerprint density at radius 2 is 1.93 bits per heavy atom. The number of halogens is 3. The smallest absolute Gasteiger partial charge is 0.325 e. The molecule has 0 amide bonds. The van der Waals surface area contributed by atoms with E-state index in [1.54, 1.807) is 13.8 Å². The number of hydrogen-bond donors (Lipinski definition) is 1.